The zero-order valence-electron chi connectivity index (χ0n) is 11.4. The lowest BCUT2D eigenvalue weighted by atomic mass is 10.1. The molecule has 1 unspecified atom stereocenters. The monoisotopic (exact) mass is 258 g/mol. The van der Waals surface area contributed by atoms with Crippen molar-refractivity contribution >= 4 is 5.95 Å². The van der Waals surface area contributed by atoms with Crippen LogP contribution in [0, 0.1) is 6.92 Å². The minimum Gasteiger partial charge on any atom is -0.481 e. The molecule has 5 heteroatoms. The number of hydrogen-bond donors (Lipinski definition) is 1. The van der Waals surface area contributed by atoms with E-state index in [2.05, 4.69) is 27.2 Å². The highest BCUT2D eigenvalue weighted by Crippen LogP contribution is 2.10. The molecule has 2 aromatic heterocycles. The Balaban J connectivity index is 1.98. The topological polar surface area (TPSA) is 59.9 Å². The first-order chi connectivity index (χ1) is 9.17. The van der Waals surface area contributed by atoms with E-state index in [1.165, 1.54) is 0 Å². The van der Waals surface area contributed by atoms with Crippen molar-refractivity contribution in [1.82, 2.24) is 15.0 Å². The van der Waals surface area contributed by atoms with Gasteiger partial charge in [0, 0.05) is 36.1 Å². The van der Waals surface area contributed by atoms with Crippen LogP contribution >= 0.6 is 0 Å². The number of aromatic nitrogens is 3. The largest absolute Gasteiger partial charge is 0.481 e. The van der Waals surface area contributed by atoms with Crippen molar-refractivity contribution in [1.29, 1.82) is 0 Å². The zero-order valence-corrected chi connectivity index (χ0v) is 11.4. The summed E-state index contributed by atoms with van der Waals surface area (Å²) in [6, 6.07) is 7.95. The summed E-state index contributed by atoms with van der Waals surface area (Å²) in [5.74, 6) is 1.12. The summed E-state index contributed by atoms with van der Waals surface area (Å²) < 4.78 is 5.07. The molecular formula is C14H18N4O. The molecule has 0 aliphatic heterocycles. The SMILES string of the molecule is COc1ccnc(NC(C)Cc2cccc(C)n2)n1. The van der Waals surface area contributed by atoms with Gasteiger partial charge in [-0.15, -0.1) is 0 Å². The fourth-order valence-corrected chi connectivity index (χ4v) is 1.82. The van der Waals surface area contributed by atoms with Gasteiger partial charge in [-0.05, 0) is 26.0 Å². The summed E-state index contributed by atoms with van der Waals surface area (Å²) >= 11 is 0. The van der Waals surface area contributed by atoms with Gasteiger partial charge in [-0.25, -0.2) is 4.98 Å². The van der Waals surface area contributed by atoms with Gasteiger partial charge in [-0.1, -0.05) is 6.07 Å². The Morgan fingerprint density at radius 1 is 1.26 bits per heavy atom. The van der Waals surface area contributed by atoms with Gasteiger partial charge in [0.2, 0.25) is 11.8 Å². The molecule has 2 aromatic rings. The van der Waals surface area contributed by atoms with Crippen LogP contribution in [-0.2, 0) is 6.42 Å². The van der Waals surface area contributed by atoms with Crippen LogP contribution in [0.15, 0.2) is 30.5 Å². The second-order valence-corrected chi connectivity index (χ2v) is 4.44. The van der Waals surface area contributed by atoms with E-state index in [1.807, 2.05) is 25.1 Å². The maximum atomic E-state index is 5.07. The van der Waals surface area contributed by atoms with Crippen LogP contribution in [0.3, 0.4) is 0 Å². The van der Waals surface area contributed by atoms with Crippen molar-refractivity contribution in [3.05, 3.63) is 41.9 Å². The van der Waals surface area contributed by atoms with Gasteiger partial charge in [-0.3, -0.25) is 4.98 Å². The van der Waals surface area contributed by atoms with Gasteiger partial charge in [0.25, 0.3) is 0 Å². The van der Waals surface area contributed by atoms with E-state index in [1.54, 1.807) is 19.4 Å². The molecule has 0 radical (unpaired) electrons. The Hall–Kier alpha value is -2.17. The van der Waals surface area contributed by atoms with Crippen LogP contribution in [0.5, 0.6) is 5.88 Å². The van der Waals surface area contributed by atoms with E-state index in [0.29, 0.717) is 11.8 Å². The molecular weight excluding hydrogens is 240 g/mol. The van der Waals surface area contributed by atoms with Crippen LogP contribution in [0.1, 0.15) is 18.3 Å². The van der Waals surface area contributed by atoms with Crippen molar-refractivity contribution in [3.63, 3.8) is 0 Å². The molecule has 0 aromatic carbocycles. The number of anilines is 1. The Bertz CT molecular complexity index is 544. The van der Waals surface area contributed by atoms with Crippen LogP contribution in [0.4, 0.5) is 5.95 Å². The second-order valence-electron chi connectivity index (χ2n) is 4.44. The zero-order chi connectivity index (χ0) is 13.7. The maximum absolute atomic E-state index is 5.07. The number of hydrogen-bond acceptors (Lipinski definition) is 5. The average Bonchev–Trinajstić information content (AvgIpc) is 2.38. The van der Waals surface area contributed by atoms with E-state index in [9.17, 15) is 0 Å². The lowest BCUT2D eigenvalue weighted by Crippen LogP contribution is -2.20. The van der Waals surface area contributed by atoms with Gasteiger partial charge < -0.3 is 10.1 Å². The molecule has 0 aliphatic rings. The number of methoxy groups -OCH3 is 1. The first kappa shape index (κ1) is 13.3. The highest BCUT2D eigenvalue weighted by molar-refractivity contribution is 5.29. The number of ether oxygens (including phenoxy) is 1. The minimum atomic E-state index is 0.196. The molecule has 0 aliphatic carbocycles. The van der Waals surface area contributed by atoms with Crippen molar-refractivity contribution in [2.45, 2.75) is 26.3 Å². The smallest absolute Gasteiger partial charge is 0.226 e. The molecule has 0 spiro atoms. The maximum Gasteiger partial charge on any atom is 0.226 e. The fraction of sp³-hybridized carbons (Fsp3) is 0.357. The minimum absolute atomic E-state index is 0.196. The molecule has 0 saturated heterocycles. The van der Waals surface area contributed by atoms with Crippen molar-refractivity contribution in [2.75, 3.05) is 12.4 Å². The summed E-state index contributed by atoms with van der Waals surface area (Å²) in [4.78, 5) is 12.9. The van der Waals surface area contributed by atoms with E-state index < -0.39 is 0 Å². The van der Waals surface area contributed by atoms with Crippen LogP contribution in [-0.4, -0.2) is 28.1 Å². The highest BCUT2D eigenvalue weighted by Gasteiger charge is 2.07. The first-order valence-corrected chi connectivity index (χ1v) is 6.23. The molecule has 0 fully saturated rings. The number of aryl methyl sites for hydroxylation is 1. The lowest BCUT2D eigenvalue weighted by Gasteiger charge is -2.13. The number of pyridine rings is 1. The molecule has 0 bridgehead atoms. The summed E-state index contributed by atoms with van der Waals surface area (Å²) in [5, 5.41) is 3.24. The molecule has 0 saturated carbocycles. The lowest BCUT2D eigenvalue weighted by molar-refractivity contribution is 0.397. The van der Waals surface area contributed by atoms with E-state index >= 15 is 0 Å². The van der Waals surface area contributed by atoms with Crippen LogP contribution in [0.25, 0.3) is 0 Å². The number of rotatable bonds is 5. The van der Waals surface area contributed by atoms with E-state index in [-0.39, 0.29) is 6.04 Å². The summed E-state index contributed by atoms with van der Waals surface area (Å²) in [5.41, 5.74) is 2.09. The Morgan fingerprint density at radius 2 is 2.11 bits per heavy atom. The van der Waals surface area contributed by atoms with Crippen molar-refractivity contribution in [3.8, 4) is 5.88 Å². The van der Waals surface area contributed by atoms with Gasteiger partial charge in [0.1, 0.15) is 0 Å². The predicted octanol–water partition coefficient (Wildman–Crippen LogP) is 2.23. The molecule has 19 heavy (non-hydrogen) atoms. The molecule has 2 rings (SSSR count). The van der Waals surface area contributed by atoms with E-state index in [0.717, 1.165) is 17.8 Å². The van der Waals surface area contributed by atoms with E-state index in [4.69, 9.17) is 4.74 Å². The van der Waals surface area contributed by atoms with Crippen molar-refractivity contribution in [2.24, 2.45) is 0 Å². The van der Waals surface area contributed by atoms with Crippen LogP contribution in [0.2, 0.25) is 0 Å². The van der Waals surface area contributed by atoms with Gasteiger partial charge in [0.15, 0.2) is 0 Å². The van der Waals surface area contributed by atoms with Crippen molar-refractivity contribution < 1.29 is 4.74 Å². The molecule has 0 amide bonds. The Labute approximate surface area is 113 Å². The molecule has 100 valence electrons. The standard InChI is InChI=1S/C14H18N4O/c1-10-5-4-6-12(16-10)9-11(2)17-14-15-8-7-13(18-14)19-3/h4-8,11H,9H2,1-3H3,(H,15,17,18). The highest BCUT2D eigenvalue weighted by atomic mass is 16.5. The predicted molar refractivity (Wildman–Crippen MR) is 74.3 cm³/mol. The summed E-state index contributed by atoms with van der Waals surface area (Å²) in [7, 11) is 1.59. The molecule has 2 heterocycles. The Morgan fingerprint density at radius 3 is 2.84 bits per heavy atom. The quantitative estimate of drug-likeness (QED) is 0.891. The normalized spacial score (nSPS) is 11.9. The van der Waals surface area contributed by atoms with Gasteiger partial charge in [0.05, 0.1) is 7.11 Å². The summed E-state index contributed by atoms with van der Waals surface area (Å²) in [6.07, 6.45) is 2.49. The third-order valence-corrected chi connectivity index (χ3v) is 2.68. The summed E-state index contributed by atoms with van der Waals surface area (Å²) in [6.45, 7) is 4.07. The van der Waals surface area contributed by atoms with Gasteiger partial charge in [-0.2, -0.15) is 4.98 Å². The number of nitrogens with one attached hydrogen (secondary N) is 1. The molecule has 5 nitrogen and oxygen atoms in total. The molecule has 1 N–H and O–H groups in total. The van der Waals surface area contributed by atoms with Gasteiger partial charge >= 0.3 is 0 Å². The van der Waals surface area contributed by atoms with Crippen LogP contribution < -0.4 is 10.1 Å². The first-order valence-electron chi connectivity index (χ1n) is 6.23. The number of nitrogens with zero attached hydrogens (tertiary/aromatic N) is 3. The molecule has 1 atom stereocenters. The second kappa shape index (κ2) is 6.13. The average molecular weight is 258 g/mol. The third kappa shape index (κ3) is 3.91. The fourth-order valence-electron chi connectivity index (χ4n) is 1.82. The Kier molecular flexibility index (Phi) is 4.28. The third-order valence-electron chi connectivity index (χ3n) is 2.68.